The van der Waals surface area contributed by atoms with Crippen molar-refractivity contribution >= 4 is 0 Å². The highest BCUT2D eigenvalue weighted by Gasteiger charge is 2.25. The van der Waals surface area contributed by atoms with Gasteiger partial charge in [-0.1, -0.05) is 6.07 Å². The fourth-order valence-electron chi connectivity index (χ4n) is 2.27. The summed E-state index contributed by atoms with van der Waals surface area (Å²) in [4.78, 5) is 0. The molecule has 1 saturated carbocycles. The lowest BCUT2D eigenvalue weighted by Gasteiger charge is -2.26. The average Bonchev–Trinajstić information content (AvgIpc) is 2.20. The third kappa shape index (κ3) is 2.17. The van der Waals surface area contributed by atoms with Crippen molar-refractivity contribution < 1.29 is 13.9 Å². The first-order valence-electron chi connectivity index (χ1n) is 5.30. The molecule has 0 spiro atoms. The minimum absolute atomic E-state index is 0.0744. The summed E-state index contributed by atoms with van der Waals surface area (Å²) in [7, 11) is 0. The summed E-state index contributed by atoms with van der Waals surface area (Å²) in [5, 5.41) is 9.32. The van der Waals surface area contributed by atoms with Crippen LogP contribution in [0.1, 0.15) is 37.2 Å². The highest BCUT2D eigenvalue weighted by molar-refractivity contribution is 5.24. The number of benzene rings is 1. The first kappa shape index (κ1) is 10.6. The zero-order chi connectivity index (χ0) is 10.8. The van der Waals surface area contributed by atoms with Gasteiger partial charge in [0.1, 0.15) is 11.6 Å². The molecule has 82 valence electrons. The molecule has 1 aliphatic rings. The quantitative estimate of drug-likeness (QED) is 0.758. The zero-order valence-corrected chi connectivity index (χ0v) is 8.42. The topological polar surface area (TPSA) is 20.2 Å². The van der Waals surface area contributed by atoms with Gasteiger partial charge in [0, 0.05) is 5.56 Å². The maximum Gasteiger partial charge on any atom is 0.129 e. The van der Waals surface area contributed by atoms with Crippen molar-refractivity contribution in [2.75, 3.05) is 0 Å². The van der Waals surface area contributed by atoms with E-state index in [0.717, 1.165) is 0 Å². The summed E-state index contributed by atoms with van der Waals surface area (Å²) < 4.78 is 26.9. The molecule has 0 aliphatic heterocycles. The van der Waals surface area contributed by atoms with E-state index >= 15 is 0 Å². The standard InChI is InChI=1S/C12H14F2O/c13-10-2-1-3-11(14)12(10)8-4-6-9(15)7-5-8/h1-3,8-9,15H,4-7H2/t8-,9+. The van der Waals surface area contributed by atoms with E-state index < -0.39 is 11.6 Å². The molecule has 0 unspecified atom stereocenters. The van der Waals surface area contributed by atoms with Crippen molar-refractivity contribution in [3.8, 4) is 0 Å². The Morgan fingerprint density at radius 2 is 1.53 bits per heavy atom. The van der Waals surface area contributed by atoms with Crippen LogP contribution in [-0.2, 0) is 0 Å². The summed E-state index contributed by atoms with van der Waals surface area (Å²) in [5.74, 6) is -0.998. The van der Waals surface area contributed by atoms with Gasteiger partial charge >= 0.3 is 0 Å². The van der Waals surface area contributed by atoms with E-state index in [1.54, 1.807) is 0 Å². The van der Waals surface area contributed by atoms with Crippen LogP contribution in [0.5, 0.6) is 0 Å². The fourth-order valence-corrected chi connectivity index (χ4v) is 2.27. The van der Waals surface area contributed by atoms with E-state index in [9.17, 15) is 13.9 Å². The highest BCUT2D eigenvalue weighted by atomic mass is 19.1. The van der Waals surface area contributed by atoms with Crippen LogP contribution in [0.2, 0.25) is 0 Å². The molecular formula is C12H14F2O. The van der Waals surface area contributed by atoms with Gasteiger partial charge in [0.2, 0.25) is 0 Å². The molecule has 1 aromatic carbocycles. The second-order valence-corrected chi connectivity index (χ2v) is 4.14. The van der Waals surface area contributed by atoms with E-state index in [1.807, 2.05) is 0 Å². The van der Waals surface area contributed by atoms with E-state index in [2.05, 4.69) is 0 Å². The van der Waals surface area contributed by atoms with Crippen LogP contribution in [0.4, 0.5) is 8.78 Å². The Morgan fingerprint density at radius 1 is 1.00 bits per heavy atom. The normalized spacial score (nSPS) is 26.6. The third-order valence-electron chi connectivity index (χ3n) is 3.10. The van der Waals surface area contributed by atoms with E-state index in [4.69, 9.17) is 0 Å². The van der Waals surface area contributed by atoms with E-state index in [1.165, 1.54) is 18.2 Å². The maximum absolute atomic E-state index is 13.4. The van der Waals surface area contributed by atoms with E-state index in [0.29, 0.717) is 25.7 Å². The van der Waals surface area contributed by atoms with Crippen LogP contribution in [0.25, 0.3) is 0 Å². The molecule has 1 N–H and O–H groups in total. The van der Waals surface area contributed by atoms with Gasteiger partial charge in [-0.05, 0) is 43.7 Å². The molecule has 1 aliphatic carbocycles. The number of halogens is 2. The number of hydrogen-bond acceptors (Lipinski definition) is 1. The van der Waals surface area contributed by atoms with Gasteiger partial charge in [0.05, 0.1) is 6.10 Å². The lowest BCUT2D eigenvalue weighted by Crippen LogP contribution is -2.18. The fraction of sp³-hybridized carbons (Fsp3) is 0.500. The monoisotopic (exact) mass is 212 g/mol. The first-order chi connectivity index (χ1) is 7.18. The van der Waals surface area contributed by atoms with Crippen molar-refractivity contribution in [3.05, 3.63) is 35.4 Å². The van der Waals surface area contributed by atoms with Gasteiger partial charge in [-0.3, -0.25) is 0 Å². The molecule has 1 nitrogen and oxygen atoms in total. The lowest BCUT2D eigenvalue weighted by atomic mass is 9.82. The van der Waals surface area contributed by atoms with Gasteiger partial charge in [-0.2, -0.15) is 0 Å². The average molecular weight is 212 g/mol. The van der Waals surface area contributed by atoms with Crippen LogP contribution in [0, 0.1) is 11.6 Å². The Labute approximate surface area is 87.7 Å². The van der Waals surface area contributed by atoms with Crippen molar-refractivity contribution in [3.63, 3.8) is 0 Å². The second kappa shape index (κ2) is 4.27. The SMILES string of the molecule is O[C@H]1CC[C@@H](c2c(F)cccc2F)CC1. The Bertz CT molecular complexity index is 323. The summed E-state index contributed by atoms with van der Waals surface area (Å²) >= 11 is 0. The van der Waals surface area contributed by atoms with Crippen LogP contribution in [0.3, 0.4) is 0 Å². The van der Waals surface area contributed by atoms with Crippen LogP contribution in [0.15, 0.2) is 18.2 Å². The first-order valence-corrected chi connectivity index (χ1v) is 5.30. The summed E-state index contributed by atoms with van der Waals surface area (Å²) in [6, 6.07) is 3.97. The maximum atomic E-state index is 13.4. The predicted octanol–water partition coefficient (Wildman–Crippen LogP) is 2.98. The van der Waals surface area contributed by atoms with E-state index in [-0.39, 0.29) is 17.6 Å². The molecule has 0 saturated heterocycles. The van der Waals surface area contributed by atoms with Gasteiger partial charge < -0.3 is 5.11 Å². The third-order valence-corrected chi connectivity index (χ3v) is 3.10. The summed E-state index contributed by atoms with van der Waals surface area (Å²) in [5.41, 5.74) is 0.199. The number of aliphatic hydroxyl groups excluding tert-OH is 1. The minimum Gasteiger partial charge on any atom is -0.393 e. The number of rotatable bonds is 1. The van der Waals surface area contributed by atoms with Gasteiger partial charge in [-0.25, -0.2) is 8.78 Å². The van der Waals surface area contributed by atoms with Gasteiger partial charge in [0.25, 0.3) is 0 Å². The number of aliphatic hydroxyl groups is 1. The molecule has 15 heavy (non-hydrogen) atoms. The number of hydrogen-bond donors (Lipinski definition) is 1. The molecule has 3 heteroatoms. The second-order valence-electron chi connectivity index (χ2n) is 4.14. The summed E-state index contributed by atoms with van der Waals surface area (Å²) in [6.07, 6.45) is 2.31. The molecule has 0 heterocycles. The lowest BCUT2D eigenvalue weighted by molar-refractivity contribution is 0.121. The molecule has 2 rings (SSSR count). The molecule has 0 amide bonds. The largest absolute Gasteiger partial charge is 0.393 e. The van der Waals surface area contributed by atoms with Crippen molar-refractivity contribution in [1.82, 2.24) is 0 Å². The Hall–Kier alpha value is -0.960. The Kier molecular flexibility index (Phi) is 3.00. The summed E-state index contributed by atoms with van der Waals surface area (Å²) in [6.45, 7) is 0. The van der Waals surface area contributed by atoms with Gasteiger partial charge in [-0.15, -0.1) is 0 Å². The van der Waals surface area contributed by atoms with Crippen LogP contribution < -0.4 is 0 Å². The predicted molar refractivity (Wildman–Crippen MR) is 53.6 cm³/mol. The molecule has 1 fully saturated rings. The minimum atomic E-state index is -0.462. The molecule has 0 aromatic heterocycles. The Balaban J connectivity index is 2.22. The van der Waals surface area contributed by atoms with Crippen LogP contribution >= 0.6 is 0 Å². The molecular weight excluding hydrogens is 198 g/mol. The van der Waals surface area contributed by atoms with Crippen molar-refractivity contribution in [1.29, 1.82) is 0 Å². The zero-order valence-electron chi connectivity index (χ0n) is 8.42. The highest BCUT2D eigenvalue weighted by Crippen LogP contribution is 2.35. The Morgan fingerprint density at radius 3 is 2.07 bits per heavy atom. The van der Waals surface area contributed by atoms with Gasteiger partial charge in [0.15, 0.2) is 0 Å². The molecule has 0 bridgehead atoms. The molecule has 0 atom stereocenters. The van der Waals surface area contributed by atoms with Crippen LogP contribution in [-0.4, -0.2) is 11.2 Å². The molecule has 0 radical (unpaired) electrons. The smallest absolute Gasteiger partial charge is 0.129 e. The molecule has 1 aromatic rings. The van der Waals surface area contributed by atoms with Crippen molar-refractivity contribution in [2.24, 2.45) is 0 Å². The van der Waals surface area contributed by atoms with Crippen molar-refractivity contribution in [2.45, 2.75) is 37.7 Å².